The molecule has 3 N–H and O–H groups in total. The normalized spacial score (nSPS) is 22.3. The van der Waals surface area contributed by atoms with Gasteiger partial charge in [0.15, 0.2) is 0 Å². The third-order valence-electron chi connectivity index (χ3n) is 3.99. The maximum Gasteiger partial charge on any atom is 0.115 e. The molecule has 2 unspecified atom stereocenters. The summed E-state index contributed by atoms with van der Waals surface area (Å²) in [5, 5.41) is 22.6. The largest absolute Gasteiger partial charge is 0.508 e. The number of phenols is 1. The lowest BCUT2D eigenvalue weighted by Crippen LogP contribution is -2.48. The van der Waals surface area contributed by atoms with Crippen LogP contribution in [0.1, 0.15) is 31.7 Å². The monoisotopic (exact) mass is 265 g/mol. The molecular formula is C15H23NO3. The van der Waals surface area contributed by atoms with E-state index in [2.05, 4.69) is 5.32 Å². The predicted molar refractivity (Wildman–Crippen MR) is 74.1 cm³/mol. The zero-order chi connectivity index (χ0) is 13.7. The van der Waals surface area contributed by atoms with Crippen molar-refractivity contribution in [3.05, 3.63) is 29.8 Å². The Kier molecular flexibility index (Phi) is 4.80. The lowest BCUT2D eigenvalue weighted by atomic mass is 9.87. The second kappa shape index (κ2) is 6.37. The molecule has 0 amide bonds. The topological polar surface area (TPSA) is 61.7 Å². The van der Waals surface area contributed by atoms with E-state index in [4.69, 9.17) is 4.74 Å². The third kappa shape index (κ3) is 3.26. The highest BCUT2D eigenvalue weighted by molar-refractivity contribution is 5.31. The van der Waals surface area contributed by atoms with Crippen LogP contribution >= 0.6 is 0 Å². The fraction of sp³-hybridized carbons (Fsp3) is 0.600. The lowest BCUT2D eigenvalue weighted by Gasteiger charge is -2.34. The van der Waals surface area contributed by atoms with Crippen LogP contribution in [-0.4, -0.2) is 36.1 Å². The Balaban J connectivity index is 2.09. The molecule has 1 aromatic rings. The van der Waals surface area contributed by atoms with Gasteiger partial charge in [0.2, 0.25) is 0 Å². The van der Waals surface area contributed by atoms with E-state index in [1.54, 1.807) is 12.1 Å². The van der Waals surface area contributed by atoms with Gasteiger partial charge in [-0.3, -0.25) is 0 Å². The Labute approximate surface area is 114 Å². The molecule has 1 aliphatic heterocycles. The number of aliphatic hydroxyl groups excluding tert-OH is 1. The standard InChI is InChI=1S/C15H23NO3/c1-2-15(11-17,12-5-7-13(18)8-6-12)16-10-14-4-3-9-19-14/h5-8,14,16-18H,2-4,9-11H2,1H3. The summed E-state index contributed by atoms with van der Waals surface area (Å²) < 4.78 is 5.61. The average molecular weight is 265 g/mol. The summed E-state index contributed by atoms with van der Waals surface area (Å²) in [5.41, 5.74) is 0.535. The van der Waals surface area contributed by atoms with Gasteiger partial charge in [0.05, 0.1) is 18.2 Å². The minimum absolute atomic E-state index is 0.0288. The highest BCUT2D eigenvalue weighted by Crippen LogP contribution is 2.27. The van der Waals surface area contributed by atoms with Gasteiger partial charge in [0.1, 0.15) is 5.75 Å². The summed E-state index contributed by atoms with van der Waals surface area (Å²) in [4.78, 5) is 0. The van der Waals surface area contributed by atoms with Crippen LogP contribution in [-0.2, 0) is 10.3 Å². The average Bonchev–Trinajstić information content (AvgIpc) is 2.95. The fourth-order valence-electron chi connectivity index (χ4n) is 2.59. The van der Waals surface area contributed by atoms with E-state index in [0.717, 1.165) is 38.0 Å². The van der Waals surface area contributed by atoms with E-state index in [9.17, 15) is 10.2 Å². The first kappa shape index (κ1) is 14.3. The van der Waals surface area contributed by atoms with Crippen molar-refractivity contribution in [3.8, 4) is 5.75 Å². The molecule has 0 spiro atoms. The van der Waals surface area contributed by atoms with Gasteiger partial charge in [-0.1, -0.05) is 19.1 Å². The number of phenolic OH excluding ortho intramolecular Hbond substituents is 1. The Morgan fingerprint density at radius 1 is 1.37 bits per heavy atom. The molecular weight excluding hydrogens is 242 g/mol. The summed E-state index contributed by atoms with van der Waals surface area (Å²) in [6.07, 6.45) is 3.22. The first-order chi connectivity index (χ1) is 9.20. The van der Waals surface area contributed by atoms with E-state index in [1.165, 1.54) is 0 Å². The fourth-order valence-corrected chi connectivity index (χ4v) is 2.59. The van der Waals surface area contributed by atoms with Crippen LogP contribution in [0, 0.1) is 0 Å². The number of ether oxygens (including phenoxy) is 1. The van der Waals surface area contributed by atoms with Gasteiger partial charge in [-0.05, 0) is 37.0 Å². The minimum atomic E-state index is -0.459. The Morgan fingerprint density at radius 3 is 2.63 bits per heavy atom. The number of aromatic hydroxyl groups is 1. The molecule has 4 heteroatoms. The van der Waals surface area contributed by atoms with Crippen molar-refractivity contribution < 1.29 is 14.9 Å². The number of rotatable bonds is 6. The molecule has 1 aromatic carbocycles. The molecule has 2 rings (SSSR count). The quantitative estimate of drug-likeness (QED) is 0.733. The number of aliphatic hydroxyl groups is 1. The van der Waals surface area contributed by atoms with Gasteiger partial charge < -0.3 is 20.3 Å². The highest BCUT2D eigenvalue weighted by atomic mass is 16.5. The van der Waals surface area contributed by atoms with E-state index < -0.39 is 5.54 Å². The second-order valence-electron chi connectivity index (χ2n) is 5.16. The molecule has 0 radical (unpaired) electrons. The number of nitrogens with one attached hydrogen (secondary N) is 1. The SMILES string of the molecule is CCC(CO)(NCC1CCCO1)c1ccc(O)cc1. The Hall–Kier alpha value is -1.10. The highest BCUT2D eigenvalue weighted by Gasteiger charge is 2.30. The lowest BCUT2D eigenvalue weighted by molar-refractivity contribution is 0.0856. The van der Waals surface area contributed by atoms with Gasteiger partial charge in [-0.25, -0.2) is 0 Å². The van der Waals surface area contributed by atoms with Gasteiger partial charge >= 0.3 is 0 Å². The van der Waals surface area contributed by atoms with E-state index in [1.807, 2.05) is 19.1 Å². The van der Waals surface area contributed by atoms with Gasteiger partial charge in [0, 0.05) is 13.2 Å². The number of hydrogen-bond donors (Lipinski definition) is 3. The molecule has 0 aromatic heterocycles. The smallest absolute Gasteiger partial charge is 0.115 e. The van der Waals surface area contributed by atoms with E-state index in [0.29, 0.717) is 0 Å². The van der Waals surface area contributed by atoms with Crippen molar-refractivity contribution in [2.45, 2.75) is 37.8 Å². The van der Waals surface area contributed by atoms with Crippen molar-refractivity contribution in [3.63, 3.8) is 0 Å². The van der Waals surface area contributed by atoms with Crippen molar-refractivity contribution in [1.82, 2.24) is 5.32 Å². The summed E-state index contributed by atoms with van der Waals surface area (Å²) >= 11 is 0. The van der Waals surface area contributed by atoms with Crippen molar-refractivity contribution in [2.75, 3.05) is 19.8 Å². The maximum absolute atomic E-state index is 9.81. The molecule has 106 valence electrons. The first-order valence-corrected chi connectivity index (χ1v) is 6.97. The predicted octanol–water partition coefficient (Wildman–Crippen LogP) is 1.76. The molecule has 4 nitrogen and oxygen atoms in total. The van der Waals surface area contributed by atoms with Gasteiger partial charge in [-0.15, -0.1) is 0 Å². The molecule has 2 atom stereocenters. The first-order valence-electron chi connectivity index (χ1n) is 6.97. The minimum Gasteiger partial charge on any atom is -0.508 e. The number of benzene rings is 1. The zero-order valence-corrected chi connectivity index (χ0v) is 11.4. The summed E-state index contributed by atoms with van der Waals surface area (Å²) in [6.45, 7) is 3.66. The van der Waals surface area contributed by atoms with Crippen LogP contribution in [0.15, 0.2) is 24.3 Å². The van der Waals surface area contributed by atoms with Crippen LogP contribution in [0.3, 0.4) is 0 Å². The third-order valence-corrected chi connectivity index (χ3v) is 3.99. The molecule has 0 saturated carbocycles. The molecule has 1 saturated heterocycles. The van der Waals surface area contributed by atoms with Gasteiger partial charge in [0.25, 0.3) is 0 Å². The van der Waals surface area contributed by atoms with Crippen LogP contribution in [0.25, 0.3) is 0 Å². The Morgan fingerprint density at radius 2 is 2.11 bits per heavy atom. The van der Waals surface area contributed by atoms with E-state index >= 15 is 0 Å². The van der Waals surface area contributed by atoms with Crippen molar-refractivity contribution >= 4 is 0 Å². The summed E-state index contributed by atoms with van der Waals surface area (Å²) in [6, 6.07) is 7.03. The van der Waals surface area contributed by atoms with E-state index in [-0.39, 0.29) is 18.5 Å². The van der Waals surface area contributed by atoms with Crippen molar-refractivity contribution in [1.29, 1.82) is 0 Å². The molecule has 0 aliphatic carbocycles. The van der Waals surface area contributed by atoms with Crippen LogP contribution in [0.2, 0.25) is 0 Å². The zero-order valence-electron chi connectivity index (χ0n) is 11.4. The molecule has 1 fully saturated rings. The van der Waals surface area contributed by atoms with Crippen LogP contribution in [0.4, 0.5) is 0 Å². The van der Waals surface area contributed by atoms with Crippen molar-refractivity contribution in [2.24, 2.45) is 0 Å². The second-order valence-corrected chi connectivity index (χ2v) is 5.16. The van der Waals surface area contributed by atoms with Gasteiger partial charge in [-0.2, -0.15) is 0 Å². The summed E-state index contributed by atoms with van der Waals surface area (Å²) in [5.74, 6) is 0.241. The van der Waals surface area contributed by atoms with Crippen LogP contribution < -0.4 is 5.32 Å². The van der Waals surface area contributed by atoms with Crippen LogP contribution in [0.5, 0.6) is 5.75 Å². The summed E-state index contributed by atoms with van der Waals surface area (Å²) in [7, 11) is 0. The molecule has 0 bridgehead atoms. The maximum atomic E-state index is 9.81. The molecule has 1 aliphatic rings. The molecule has 19 heavy (non-hydrogen) atoms. The Bertz CT molecular complexity index is 381. The molecule has 1 heterocycles. The number of hydrogen-bond acceptors (Lipinski definition) is 4.